The number of hydrogen-bond donors (Lipinski definition) is 1. The Morgan fingerprint density at radius 2 is 1.90 bits per heavy atom. The van der Waals surface area contributed by atoms with Gasteiger partial charge in [0.1, 0.15) is 11.6 Å². The van der Waals surface area contributed by atoms with Crippen LogP contribution in [0.3, 0.4) is 0 Å². The zero-order valence-corrected chi connectivity index (χ0v) is 11.0. The number of methoxy groups -OCH3 is 1. The fourth-order valence-electron chi connectivity index (χ4n) is 1.96. The van der Waals surface area contributed by atoms with Crippen LogP contribution < -0.4 is 10.5 Å². The van der Waals surface area contributed by atoms with Crippen molar-refractivity contribution < 1.29 is 4.74 Å². The molecular formula is C15H14N4O. The number of nitrogen functional groups attached to an aromatic ring is 1. The molecule has 0 saturated heterocycles. The van der Waals surface area contributed by atoms with Crippen LogP contribution in [-0.2, 0) is 0 Å². The van der Waals surface area contributed by atoms with E-state index >= 15 is 0 Å². The summed E-state index contributed by atoms with van der Waals surface area (Å²) in [6.07, 6.45) is 1.71. The Morgan fingerprint density at radius 1 is 1.10 bits per heavy atom. The van der Waals surface area contributed by atoms with E-state index in [-0.39, 0.29) is 0 Å². The van der Waals surface area contributed by atoms with Gasteiger partial charge in [0.15, 0.2) is 5.82 Å². The fraction of sp³-hybridized carbons (Fsp3) is 0.0667. The highest BCUT2D eigenvalue weighted by Gasteiger charge is 2.09. The van der Waals surface area contributed by atoms with Crippen LogP contribution in [0, 0.1) is 0 Å². The molecule has 5 heteroatoms. The number of pyridine rings is 1. The summed E-state index contributed by atoms with van der Waals surface area (Å²) in [4.78, 5) is 4.24. The molecule has 0 aliphatic carbocycles. The van der Waals surface area contributed by atoms with Crippen molar-refractivity contribution in [3.63, 3.8) is 0 Å². The van der Waals surface area contributed by atoms with Crippen LogP contribution in [0.2, 0.25) is 0 Å². The molecule has 1 aromatic carbocycles. The highest BCUT2D eigenvalue weighted by molar-refractivity contribution is 5.64. The van der Waals surface area contributed by atoms with E-state index in [1.165, 1.54) is 0 Å². The molecule has 0 amide bonds. The number of ether oxygens (including phenoxy) is 1. The summed E-state index contributed by atoms with van der Waals surface area (Å²) in [5, 5.41) is 4.49. The fourth-order valence-corrected chi connectivity index (χ4v) is 1.96. The number of benzene rings is 1. The summed E-state index contributed by atoms with van der Waals surface area (Å²) in [6.45, 7) is 0. The summed E-state index contributed by atoms with van der Waals surface area (Å²) < 4.78 is 6.77. The highest BCUT2D eigenvalue weighted by Crippen LogP contribution is 2.24. The van der Waals surface area contributed by atoms with Crippen molar-refractivity contribution >= 4 is 5.82 Å². The molecule has 0 atom stereocenters. The van der Waals surface area contributed by atoms with Crippen LogP contribution in [0.5, 0.6) is 5.75 Å². The van der Waals surface area contributed by atoms with E-state index in [0.29, 0.717) is 11.6 Å². The Balaban J connectivity index is 2.00. The third kappa shape index (κ3) is 2.21. The number of aromatic nitrogens is 3. The van der Waals surface area contributed by atoms with Crippen molar-refractivity contribution in [1.29, 1.82) is 0 Å². The first-order valence-corrected chi connectivity index (χ1v) is 6.19. The summed E-state index contributed by atoms with van der Waals surface area (Å²) in [7, 11) is 1.64. The first kappa shape index (κ1) is 12.2. The van der Waals surface area contributed by atoms with Crippen LogP contribution in [0.25, 0.3) is 17.1 Å². The summed E-state index contributed by atoms with van der Waals surface area (Å²) in [5.74, 6) is 2.06. The minimum Gasteiger partial charge on any atom is -0.497 e. The molecule has 5 nitrogen and oxygen atoms in total. The molecule has 3 aromatic rings. The second kappa shape index (κ2) is 5.05. The minimum atomic E-state index is 0.550. The smallest absolute Gasteiger partial charge is 0.155 e. The van der Waals surface area contributed by atoms with Crippen LogP contribution >= 0.6 is 0 Å². The molecule has 0 unspecified atom stereocenters. The monoisotopic (exact) mass is 266 g/mol. The van der Waals surface area contributed by atoms with Crippen molar-refractivity contribution in [2.75, 3.05) is 12.8 Å². The van der Waals surface area contributed by atoms with Gasteiger partial charge in [0, 0.05) is 17.8 Å². The molecule has 0 spiro atoms. The van der Waals surface area contributed by atoms with Crippen LogP contribution in [0.1, 0.15) is 0 Å². The SMILES string of the molecule is COc1ccc(-c2cc(N)n(-c3ccccn3)n2)cc1. The van der Waals surface area contributed by atoms with Gasteiger partial charge >= 0.3 is 0 Å². The molecule has 0 aliphatic heterocycles. The van der Waals surface area contributed by atoms with Crippen LogP contribution in [0.4, 0.5) is 5.82 Å². The predicted octanol–water partition coefficient (Wildman–Crippen LogP) is 2.53. The maximum atomic E-state index is 6.00. The van der Waals surface area contributed by atoms with Crippen LogP contribution in [-0.4, -0.2) is 21.9 Å². The lowest BCUT2D eigenvalue weighted by atomic mass is 10.1. The van der Waals surface area contributed by atoms with E-state index in [9.17, 15) is 0 Å². The zero-order valence-electron chi connectivity index (χ0n) is 11.0. The maximum Gasteiger partial charge on any atom is 0.155 e. The summed E-state index contributed by atoms with van der Waals surface area (Å²) in [6, 6.07) is 15.1. The molecule has 0 radical (unpaired) electrons. The van der Waals surface area contributed by atoms with Gasteiger partial charge in [-0.15, -0.1) is 0 Å². The first-order valence-electron chi connectivity index (χ1n) is 6.19. The molecule has 0 saturated carbocycles. The Bertz CT molecular complexity index is 704. The standard InChI is InChI=1S/C15H14N4O/c1-20-12-7-5-11(6-8-12)13-10-14(16)19(18-13)15-4-2-3-9-17-15/h2-10H,16H2,1H3. The van der Waals surface area contributed by atoms with Crippen LogP contribution in [0.15, 0.2) is 54.7 Å². The number of rotatable bonds is 3. The average molecular weight is 266 g/mol. The topological polar surface area (TPSA) is 66.0 Å². The van der Waals surface area contributed by atoms with Gasteiger partial charge in [-0.25, -0.2) is 4.98 Å². The molecular weight excluding hydrogens is 252 g/mol. The lowest BCUT2D eigenvalue weighted by molar-refractivity contribution is 0.415. The second-order valence-corrected chi connectivity index (χ2v) is 4.28. The van der Waals surface area contributed by atoms with Crippen molar-refractivity contribution in [3.05, 3.63) is 54.7 Å². The van der Waals surface area contributed by atoms with Crippen molar-refractivity contribution in [3.8, 4) is 22.8 Å². The van der Waals surface area contributed by atoms with Gasteiger partial charge in [-0.05, 0) is 36.4 Å². The highest BCUT2D eigenvalue weighted by atomic mass is 16.5. The predicted molar refractivity (Wildman–Crippen MR) is 77.8 cm³/mol. The molecule has 3 rings (SSSR count). The molecule has 2 aromatic heterocycles. The molecule has 100 valence electrons. The van der Waals surface area contributed by atoms with E-state index in [2.05, 4.69) is 10.1 Å². The molecule has 0 bridgehead atoms. The number of nitrogens with two attached hydrogens (primary N) is 1. The number of anilines is 1. The largest absolute Gasteiger partial charge is 0.497 e. The molecule has 0 aliphatic rings. The van der Waals surface area contributed by atoms with Gasteiger partial charge < -0.3 is 10.5 Å². The normalized spacial score (nSPS) is 10.4. The van der Waals surface area contributed by atoms with E-state index in [1.807, 2.05) is 48.5 Å². The molecule has 2 heterocycles. The third-order valence-corrected chi connectivity index (χ3v) is 2.99. The molecule has 20 heavy (non-hydrogen) atoms. The van der Waals surface area contributed by atoms with Gasteiger partial charge in [0.05, 0.1) is 12.8 Å². The second-order valence-electron chi connectivity index (χ2n) is 4.28. The van der Waals surface area contributed by atoms with Gasteiger partial charge in [0.25, 0.3) is 0 Å². The lowest BCUT2D eigenvalue weighted by Crippen LogP contribution is -2.03. The minimum absolute atomic E-state index is 0.550. The van der Waals surface area contributed by atoms with E-state index < -0.39 is 0 Å². The number of nitrogens with zero attached hydrogens (tertiary/aromatic N) is 3. The Labute approximate surface area is 116 Å². The first-order chi connectivity index (χ1) is 9.78. The average Bonchev–Trinajstić information content (AvgIpc) is 2.90. The molecule has 0 fully saturated rings. The zero-order chi connectivity index (χ0) is 13.9. The van der Waals surface area contributed by atoms with Gasteiger partial charge in [-0.1, -0.05) is 6.07 Å². The van der Waals surface area contributed by atoms with Gasteiger partial charge in [-0.3, -0.25) is 0 Å². The van der Waals surface area contributed by atoms with E-state index in [0.717, 1.165) is 17.0 Å². The van der Waals surface area contributed by atoms with E-state index in [1.54, 1.807) is 18.0 Å². The quantitative estimate of drug-likeness (QED) is 0.791. The summed E-state index contributed by atoms with van der Waals surface area (Å²) in [5.41, 5.74) is 7.78. The molecule has 2 N–H and O–H groups in total. The van der Waals surface area contributed by atoms with Crippen molar-refractivity contribution in [2.45, 2.75) is 0 Å². The third-order valence-electron chi connectivity index (χ3n) is 2.99. The lowest BCUT2D eigenvalue weighted by Gasteiger charge is -2.02. The number of hydrogen-bond acceptors (Lipinski definition) is 4. The Kier molecular flexibility index (Phi) is 3.09. The van der Waals surface area contributed by atoms with E-state index in [4.69, 9.17) is 10.5 Å². The summed E-state index contributed by atoms with van der Waals surface area (Å²) >= 11 is 0. The maximum absolute atomic E-state index is 6.00. The Hall–Kier alpha value is -2.82. The van der Waals surface area contributed by atoms with Crippen molar-refractivity contribution in [1.82, 2.24) is 14.8 Å². The Morgan fingerprint density at radius 3 is 2.55 bits per heavy atom. The van der Waals surface area contributed by atoms with Gasteiger partial charge in [-0.2, -0.15) is 9.78 Å². The van der Waals surface area contributed by atoms with Gasteiger partial charge in [0.2, 0.25) is 0 Å². The van der Waals surface area contributed by atoms with Crippen molar-refractivity contribution in [2.24, 2.45) is 0 Å².